The Morgan fingerprint density at radius 3 is 2.23 bits per heavy atom. The molecule has 2 fully saturated rings. The quantitative estimate of drug-likeness (QED) is 0.0971. The molecule has 1 heterocycles. The molecule has 3 aliphatic carbocycles. The van der Waals surface area contributed by atoms with Crippen LogP contribution in [0.15, 0.2) is 121 Å². The van der Waals surface area contributed by atoms with Crippen molar-refractivity contribution in [3.63, 3.8) is 0 Å². The number of ketones is 2. The topological polar surface area (TPSA) is 144 Å². The van der Waals surface area contributed by atoms with Crippen molar-refractivity contribution in [2.24, 2.45) is 23.7 Å². The van der Waals surface area contributed by atoms with E-state index in [4.69, 9.17) is 4.74 Å². The molecule has 1 aliphatic heterocycles. The number of allylic oxidation sites excluding steroid dienone is 4. The van der Waals surface area contributed by atoms with Crippen LogP contribution in [-0.4, -0.2) is 40.0 Å². The number of hydrogen-bond acceptors (Lipinski definition) is 8. The van der Waals surface area contributed by atoms with Crippen LogP contribution >= 0.6 is 0 Å². The Morgan fingerprint density at radius 2 is 1.56 bits per heavy atom. The number of para-hydroxylation sites is 1. The Bertz CT molecular complexity index is 2210. The predicted molar refractivity (Wildman–Crippen MR) is 191 cm³/mol. The molecule has 10 nitrogen and oxygen atoms in total. The Balaban J connectivity index is 1.35. The molecule has 8 rings (SSSR count). The number of fused-ring (bicyclic) bond motifs is 4. The number of carbonyl (C=O) groups is 4. The van der Waals surface area contributed by atoms with E-state index < -0.39 is 51.7 Å². The first kappa shape index (κ1) is 33.0. The van der Waals surface area contributed by atoms with Crippen molar-refractivity contribution in [1.29, 1.82) is 0 Å². The van der Waals surface area contributed by atoms with Gasteiger partial charge in [0.05, 0.1) is 34.5 Å². The molecule has 4 aromatic rings. The van der Waals surface area contributed by atoms with E-state index in [0.717, 1.165) is 4.90 Å². The van der Waals surface area contributed by atoms with Gasteiger partial charge in [0.25, 0.3) is 5.69 Å². The number of anilines is 1. The van der Waals surface area contributed by atoms with Crippen molar-refractivity contribution >= 4 is 40.3 Å². The van der Waals surface area contributed by atoms with Crippen LogP contribution in [0.5, 0.6) is 11.5 Å². The maximum absolute atomic E-state index is 15.2. The number of ether oxygens (including phenoxy) is 1. The van der Waals surface area contributed by atoms with Gasteiger partial charge in [-0.25, -0.2) is 0 Å². The fourth-order valence-corrected chi connectivity index (χ4v) is 9.24. The molecule has 0 radical (unpaired) electrons. The van der Waals surface area contributed by atoms with Crippen LogP contribution in [0, 0.1) is 33.8 Å². The number of nitro benzene ring substituents is 1. The third kappa shape index (κ3) is 4.77. The van der Waals surface area contributed by atoms with Gasteiger partial charge in [0.1, 0.15) is 0 Å². The minimum atomic E-state index is -1.50. The first-order valence-corrected chi connectivity index (χ1v) is 17.4. The van der Waals surface area contributed by atoms with E-state index in [0.29, 0.717) is 22.3 Å². The van der Waals surface area contributed by atoms with E-state index in [1.54, 1.807) is 49.4 Å². The van der Waals surface area contributed by atoms with Gasteiger partial charge in [0.2, 0.25) is 11.8 Å². The van der Waals surface area contributed by atoms with Crippen molar-refractivity contribution < 1.29 is 33.9 Å². The highest BCUT2D eigenvalue weighted by atomic mass is 16.6. The van der Waals surface area contributed by atoms with Gasteiger partial charge in [-0.15, -0.1) is 0 Å². The van der Waals surface area contributed by atoms with E-state index in [9.17, 15) is 24.8 Å². The number of carbonyl (C=O) groups excluding carboxylic acids is 4. The summed E-state index contributed by atoms with van der Waals surface area (Å²) in [7, 11) is 0. The fourth-order valence-electron chi connectivity index (χ4n) is 9.24. The summed E-state index contributed by atoms with van der Waals surface area (Å²) in [4.78, 5) is 70.7. The molecule has 0 bridgehead atoms. The molecule has 1 saturated heterocycles. The number of non-ortho nitro benzene ring substituents is 1. The van der Waals surface area contributed by atoms with Crippen LogP contribution < -0.4 is 9.64 Å². The average molecular weight is 695 g/mol. The second kappa shape index (κ2) is 12.6. The number of nitro groups is 1. The third-order valence-corrected chi connectivity index (χ3v) is 11.3. The summed E-state index contributed by atoms with van der Waals surface area (Å²) in [5, 5.41) is 23.2. The summed E-state index contributed by atoms with van der Waals surface area (Å²) in [6.45, 7) is 2.07. The van der Waals surface area contributed by atoms with Crippen LogP contribution in [-0.2, 0) is 24.6 Å². The first-order valence-electron chi connectivity index (χ1n) is 17.4. The summed E-state index contributed by atoms with van der Waals surface area (Å²) in [6.07, 6.45) is 3.65. The zero-order chi connectivity index (χ0) is 36.3. The van der Waals surface area contributed by atoms with Gasteiger partial charge in [0, 0.05) is 35.1 Å². The number of rotatable bonds is 7. The Labute approximate surface area is 299 Å². The zero-order valence-corrected chi connectivity index (χ0v) is 28.2. The third-order valence-electron chi connectivity index (χ3n) is 11.3. The molecule has 0 spiro atoms. The maximum Gasteiger partial charge on any atom is 0.269 e. The highest BCUT2D eigenvalue weighted by molar-refractivity contribution is 6.32. The number of benzene rings is 4. The highest BCUT2D eigenvalue weighted by Crippen LogP contribution is 2.65. The smallest absolute Gasteiger partial charge is 0.269 e. The predicted octanol–water partition coefficient (Wildman–Crippen LogP) is 6.73. The molecule has 1 N–H and O–H groups in total. The van der Waals surface area contributed by atoms with Crippen molar-refractivity contribution in [1.82, 2.24) is 0 Å². The van der Waals surface area contributed by atoms with E-state index in [2.05, 4.69) is 0 Å². The fraction of sp³-hybridized carbons (Fsp3) is 0.238. The number of amides is 2. The minimum Gasteiger partial charge on any atom is -0.504 e. The summed E-state index contributed by atoms with van der Waals surface area (Å²) in [5.74, 6) is -5.52. The second-order valence-electron chi connectivity index (χ2n) is 13.7. The molecular weight excluding hydrogens is 660 g/mol. The summed E-state index contributed by atoms with van der Waals surface area (Å²) in [6, 6.07) is 28.6. The molecule has 6 atom stereocenters. The van der Waals surface area contributed by atoms with Gasteiger partial charge in [0.15, 0.2) is 23.1 Å². The van der Waals surface area contributed by atoms with Gasteiger partial charge in [-0.3, -0.25) is 34.2 Å². The van der Waals surface area contributed by atoms with Crippen molar-refractivity contribution in [2.75, 3.05) is 11.5 Å². The van der Waals surface area contributed by atoms with E-state index >= 15 is 9.59 Å². The SMILES string of the molecule is CCOc1cccc([C@H]2C3=CC[C@@H]4C(=O)N(c5ccc([N+](=O)[O-])cc5)C(=O)[C@@H]4[C@@H]3C[C@H]3C(=O)C(c4ccccc4)=CC(=O)[C@@]23c2ccccc2)c1O. The average Bonchev–Trinajstić information content (AvgIpc) is 3.42. The molecule has 0 aromatic heterocycles. The van der Waals surface area contributed by atoms with Gasteiger partial charge in [-0.1, -0.05) is 84.4 Å². The number of nitrogens with zero attached hydrogens (tertiary/aromatic N) is 2. The van der Waals surface area contributed by atoms with Crippen LogP contribution in [0.1, 0.15) is 42.4 Å². The lowest BCUT2D eigenvalue weighted by Gasteiger charge is -2.55. The molecule has 2 amide bonds. The number of phenols is 1. The lowest BCUT2D eigenvalue weighted by molar-refractivity contribution is -0.384. The lowest BCUT2D eigenvalue weighted by atomic mass is 9.44. The molecule has 4 aliphatic rings. The second-order valence-corrected chi connectivity index (χ2v) is 13.7. The van der Waals surface area contributed by atoms with Gasteiger partial charge >= 0.3 is 0 Å². The van der Waals surface area contributed by atoms with Crippen LogP contribution in [0.25, 0.3) is 5.57 Å². The van der Waals surface area contributed by atoms with Crippen LogP contribution in [0.2, 0.25) is 0 Å². The number of imide groups is 1. The van der Waals surface area contributed by atoms with Crippen molar-refractivity contribution in [3.05, 3.63) is 148 Å². The molecule has 52 heavy (non-hydrogen) atoms. The Kier molecular flexibility index (Phi) is 7.97. The molecule has 4 aromatic carbocycles. The van der Waals surface area contributed by atoms with Gasteiger partial charge < -0.3 is 9.84 Å². The normalized spacial score (nSPS) is 26.6. The first-order chi connectivity index (χ1) is 25.2. The summed E-state index contributed by atoms with van der Waals surface area (Å²) >= 11 is 0. The van der Waals surface area contributed by atoms with Crippen LogP contribution in [0.4, 0.5) is 11.4 Å². The molecule has 0 unspecified atom stereocenters. The number of Topliss-reactive ketones (excluding diaryl/α,β-unsaturated/α-hetero) is 1. The minimum absolute atomic E-state index is 0.103. The zero-order valence-electron chi connectivity index (χ0n) is 28.2. The van der Waals surface area contributed by atoms with Gasteiger partial charge in [-0.05, 0) is 61.1 Å². The number of hydrogen-bond donors (Lipinski definition) is 1. The summed E-state index contributed by atoms with van der Waals surface area (Å²) < 4.78 is 5.81. The molecular formula is C42H34N2O8. The lowest BCUT2D eigenvalue weighted by Crippen LogP contribution is -2.58. The maximum atomic E-state index is 15.2. The van der Waals surface area contributed by atoms with E-state index in [1.807, 2.05) is 42.5 Å². The monoisotopic (exact) mass is 694 g/mol. The van der Waals surface area contributed by atoms with Gasteiger partial charge in [-0.2, -0.15) is 0 Å². The largest absolute Gasteiger partial charge is 0.504 e. The Hall–Kier alpha value is -6.16. The molecule has 10 heteroatoms. The number of phenolic OH excluding ortho intramolecular Hbond substituents is 1. The van der Waals surface area contributed by atoms with E-state index in [-0.39, 0.29) is 59.5 Å². The van der Waals surface area contributed by atoms with Crippen molar-refractivity contribution in [3.8, 4) is 11.5 Å². The van der Waals surface area contributed by atoms with Crippen molar-refractivity contribution in [2.45, 2.75) is 31.1 Å². The molecule has 260 valence electrons. The molecule has 1 saturated carbocycles. The van der Waals surface area contributed by atoms with E-state index in [1.165, 1.54) is 30.3 Å². The summed E-state index contributed by atoms with van der Waals surface area (Å²) in [5.41, 5.74) is 1.11. The highest BCUT2D eigenvalue weighted by Gasteiger charge is 2.66. The Morgan fingerprint density at radius 1 is 0.865 bits per heavy atom. The number of aromatic hydroxyl groups is 1. The standard InChI is InChI=1S/C42H34N2O8/c1-2-52-34-15-9-14-30(39(34)47)37-28-20-21-29-36(41(49)43(40(29)48)26-16-18-27(19-17-26)44(50)51)32(28)22-33-38(46)31(24-10-5-3-6-11-24)23-35(45)42(33,37)25-12-7-4-8-13-25/h3-20,23,29,32-33,36-37,47H,2,21-22H2,1H3/t29-,32+,33-,36-,37+,42-/m0/s1. The van der Waals surface area contributed by atoms with Crippen LogP contribution in [0.3, 0.4) is 0 Å².